The molecule has 1 aliphatic carbocycles. The summed E-state index contributed by atoms with van der Waals surface area (Å²) in [4.78, 5) is 0. The molecule has 0 bridgehead atoms. The maximum absolute atomic E-state index is 5.24. The molecule has 1 saturated carbocycles. The van der Waals surface area contributed by atoms with E-state index in [2.05, 4.69) is 5.32 Å². The minimum Gasteiger partial charge on any atom is -0.382 e. The van der Waals surface area contributed by atoms with Gasteiger partial charge in [-0.3, -0.25) is 0 Å². The van der Waals surface area contributed by atoms with E-state index in [-0.39, 0.29) is 0 Å². The van der Waals surface area contributed by atoms with Gasteiger partial charge < -0.3 is 14.8 Å². The van der Waals surface area contributed by atoms with Crippen LogP contribution in [0.15, 0.2) is 0 Å². The summed E-state index contributed by atoms with van der Waals surface area (Å²) < 4.78 is 10.4. The first-order valence-electron chi connectivity index (χ1n) is 5.20. The summed E-state index contributed by atoms with van der Waals surface area (Å²) in [5.74, 6) is 0. The molecule has 0 aromatic carbocycles. The average molecular weight is 187 g/mol. The van der Waals surface area contributed by atoms with Crippen LogP contribution in [0.25, 0.3) is 0 Å². The van der Waals surface area contributed by atoms with Gasteiger partial charge in [0.05, 0.1) is 6.10 Å². The Bertz CT molecular complexity index is 124. The highest BCUT2D eigenvalue weighted by atomic mass is 16.5. The standard InChI is InChI=1S/C10H21NO2/c1-3-13-6-4-5-11-9-7-10(8-9)12-2/h9-11H,3-8H2,1-2H3. The first-order chi connectivity index (χ1) is 6.36. The van der Waals surface area contributed by atoms with Crippen LogP contribution in [0, 0.1) is 0 Å². The zero-order valence-corrected chi connectivity index (χ0v) is 8.71. The second-order valence-electron chi connectivity index (χ2n) is 3.53. The molecule has 0 atom stereocenters. The summed E-state index contributed by atoms with van der Waals surface area (Å²) in [6, 6.07) is 0.687. The zero-order chi connectivity index (χ0) is 9.52. The van der Waals surface area contributed by atoms with Gasteiger partial charge in [-0.2, -0.15) is 0 Å². The summed E-state index contributed by atoms with van der Waals surface area (Å²) in [5, 5.41) is 3.48. The number of rotatable bonds is 7. The normalized spacial score (nSPS) is 27.2. The average Bonchev–Trinajstić information content (AvgIpc) is 2.08. The van der Waals surface area contributed by atoms with Crippen molar-refractivity contribution in [3.8, 4) is 0 Å². The molecule has 0 saturated heterocycles. The Morgan fingerprint density at radius 1 is 1.38 bits per heavy atom. The van der Waals surface area contributed by atoms with E-state index in [4.69, 9.17) is 9.47 Å². The van der Waals surface area contributed by atoms with Crippen molar-refractivity contribution in [2.24, 2.45) is 0 Å². The molecule has 13 heavy (non-hydrogen) atoms. The predicted molar refractivity (Wildman–Crippen MR) is 52.9 cm³/mol. The van der Waals surface area contributed by atoms with Crippen molar-refractivity contribution >= 4 is 0 Å². The number of methoxy groups -OCH3 is 1. The van der Waals surface area contributed by atoms with Crippen molar-refractivity contribution in [2.45, 2.75) is 38.3 Å². The third kappa shape index (κ3) is 4.07. The summed E-state index contributed by atoms with van der Waals surface area (Å²) in [7, 11) is 1.79. The second kappa shape index (κ2) is 6.35. The molecule has 0 spiro atoms. The number of nitrogens with one attached hydrogen (secondary N) is 1. The van der Waals surface area contributed by atoms with Gasteiger partial charge >= 0.3 is 0 Å². The minimum absolute atomic E-state index is 0.504. The van der Waals surface area contributed by atoms with Crippen molar-refractivity contribution in [1.82, 2.24) is 5.32 Å². The van der Waals surface area contributed by atoms with E-state index in [1.165, 1.54) is 12.8 Å². The quantitative estimate of drug-likeness (QED) is 0.607. The van der Waals surface area contributed by atoms with Crippen molar-refractivity contribution in [1.29, 1.82) is 0 Å². The molecule has 78 valence electrons. The van der Waals surface area contributed by atoms with Crippen molar-refractivity contribution < 1.29 is 9.47 Å². The lowest BCUT2D eigenvalue weighted by Gasteiger charge is -2.34. The molecule has 0 aromatic rings. The van der Waals surface area contributed by atoms with E-state index in [1.54, 1.807) is 7.11 Å². The molecule has 0 heterocycles. The largest absolute Gasteiger partial charge is 0.382 e. The van der Waals surface area contributed by atoms with Crippen LogP contribution in [0.4, 0.5) is 0 Å². The molecule has 0 unspecified atom stereocenters. The van der Waals surface area contributed by atoms with Gasteiger partial charge in [0.1, 0.15) is 0 Å². The van der Waals surface area contributed by atoms with Gasteiger partial charge in [0.2, 0.25) is 0 Å². The first kappa shape index (κ1) is 11.0. The SMILES string of the molecule is CCOCCCNC1CC(OC)C1. The second-order valence-corrected chi connectivity index (χ2v) is 3.53. The lowest BCUT2D eigenvalue weighted by Crippen LogP contribution is -2.45. The highest BCUT2D eigenvalue weighted by Gasteiger charge is 2.27. The highest BCUT2D eigenvalue weighted by Crippen LogP contribution is 2.22. The van der Waals surface area contributed by atoms with Gasteiger partial charge in [0, 0.05) is 26.4 Å². The topological polar surface area (TPSA) is 30.5 Å². The lowest BCUT2D eigenvalue weighted by atomic mass is 9.89. The fourth-order valence-corrected chi connectivity index (χ4v) is 1.55. The molecule has 1 rings (SSSR count). The first-order valence-corrected chi connectivity index (χ1v) is 5.20. The molecule has 1 aliphatic rings. The summed E-state index contributed by atoms with van der Waals surface area (Å²) >= 11 is 0. The van der Waals surface area contributed by atoms with Gasteiger partial charge in [0.25, 0.3) is 0 Å². The third-order valence-electron chi connectivity index (χ3n) is 2.53. The van der Waals surface area contributed by atoms with Gasteiger partial charge in [-0.25, -0.2) is 0 Å². The molecule has 0 aromatic heterocycles. The van der Waals surface area contributed by atoms with Gasteiger partial charge in [0.15, 0.2) is 0 Å². The Hall–Kier alpha value is -0.120. The van der Waals surface area contributed by atoms with Crippen LogP contribution in [0.2, 0.25) is 0 Å². The Morgan fingerprint density at radius 2 is 2.15 bits per heavy atom. The number of ether oxygens (including phenoxy) is 2. The Labute approximate surface area is 80.8 Å². The van der Waals surface area contributed by atoms with E-state index in [0.29, 0.717) is 12.1 Å². The smallest absolute Gasteiger partial charge is 0.0601 e. The lowest BCUT2D eigenvalue weighted by molar-refractivity contribution is 0.0169. The van der Waals surface area contributed by atoms with Gasteiger partial charge in [-0.1, -0.05) is 0 Å². The summed E-state index contributed by atoms with van der Waals surface area (Å²) in [5.41, 5.74) is 0. The van der Waals surface area contributed by atoms with Crippen LogP contribution in [-0.2, 0) is 9.47 Å². The van der Waals surface area contributed by atoms with Crippen molar-refractivity contribution in [3.05, 3.63) is 0 Å². The third-order valence-corrected chi connectivity index (χ3v) is 2.53. The zero-order valence-electron chi connectivity index (χ0n) is 8.71. The summed E-state index contributed by atoms with van der Waals surface area (Å²) in [6.07, 6.45) is 3.96. The summed E-state index contributed by atoms with van der Waals surface area (Å²) in [6.45, 7) is 4.81. The molecule has 0 radical (unpaired) electrons. The van der Waals surface area contributed by atoms with Gasteiger partial charge in [-0.05, 0) is 32.7 Å². The van der Waals surface area contributed by atoms with E-state index in [0.717, 1.165) is 26.2 Å². The molecule has 0 amide bonds. The van der Waals surface area contributed by atoms with Crippen LogP contribution in [0.1, 0.15) is 26.2 Å². The fourth-order valence-electron chi connectivity index (χ4n) is 1.55. The van der Waals surface area contributed by atoms with E-state index in [1.807, 2.05) is 6.92 Å². The maximum atomic E-state index is 5.24. The molecule has 1 N–H and O–H groups in total. The minimum atomic E-state index is 0.504. The van der Waals surface area contributed by atoms with E-state index < -0.39 is 0 Å². The Balaban J connectivity index is 1.80. The van der Waals surface area contributed by atoms with E-state index >= 15 is 0 Å². The number of hydrogen-bond acceptors (Lipinski definition) is 3. The predicted octanol–water partition coefficient (Wildman–Crippen LogP) is 1.18. The van der Waals surface area contributed by atoms with Crippen LogP contribution >= 0.6 is 0 Å². The fraction of sp³-hybridized carbons (Fsp3) is 1.00. The Morgan fingerprint density at radius 3 is 2.77 bits per heavy atom. The molecule has 1 fully saturated rings. The molecular formula is C10H21NO2. The monoisotopic (exact) mass is 187 g/mol. The Kier molecular flexibility index (Phi) is 5.35. The van der Waals surface area contributed by atoms with Crippen LogP contribution < -0.4 is 5.32 Å². The van der Waals surface area contributed by atoms with Crippen LogP contribution in [0.3, 0.4) is 0 Å². The van der Waals surface area contributed by atoms with Crippen molar-refractivity contribution in [2.75, 3.05) is 26.9 Å². The van der Waals surface area contributed by atoms with Gasteiger partial charge in [-0.15, -0.1) is 0 Å². The number of hydrogen-bond donors (Lipinski definition) is 1. The molecule has 3 nitrogen and oxygen atoms in total. The molecule has 3 heteroatoms. The van der Waals surface area contributed by atoms with Crippen LogP contribution in [-0.4, -0.2) is 39.0 Å². The van der Waals surface area contributed by atoms with Crippen molar-refractivity contribution in [3.63, 3.8) is 0 Å². The molecule has 0 aliphatic heterocycles. The van der Waals surface area contributed by atoms with E-state index in [9.17, 15) is 0 Å². The maximum Gasteiger partial charge on any atom is 0.0601 e. The highest BCUT2D eigenvalue weighted by molar-refractivity contribution is 4.85. The van der Waals surface area contributed by atoms with Crippen LogP contribution in [0.5, 0.6) is 0 Å². The molecular weight excluding hydrogens is 166 g/mol.